The molecule has 1 aromatic carbocycles. The van der Waals surface area contributed by atoms with E-state index in [-0.39, 0.29) is 30.6 Å². The molecule has 0 spiro atoms. The molecule has 1 N–H and O–H groups in total. The fourth-order valence-corrected chi connectivity index (χ4v) is 2.92. The quantitative estimate of drug-likeness (QED) is 0.795. The van der Waals surface area contributed by atoms with Gasteiger partial charge in [-0.25, -0.2) is 12.8 Å². The zero-order valence-electron chi connectivity index (χ0n) is 13.2. The van der Waals surface area contributed by atoms with Crippen LogP contribution in [0.5, 0.6) is 0 Å². The van der Waals surface area contributed by atoms with Crippen molar-refractivity contribution in [2.24, 2.45) is 0 Å². The molecule has 0 bridgehead atoms. The molecule has 1 aromatic rings. The highest BCUT2D eigenvalue weighted by atomic mass is 32.2. The Morgan fingerprint density at radius 1 is 1.36 bits per heavy atom. The van der Waals surface area contributed by atoms with Crippen LogP contribution >= 0.6 is 0 Å². The van der Waals surface area contributed by atoms with Crippen molar-refractivity contribution in [3.63, 3.8) is 0 Å². The van der Waals surface area contributed by atoms with E-state index < -0.39 is 15.8 Å². The lowest BCUT2D eigenvalue weighted by Crippen LogP contribution is -2.34. The number of sulfonamides is 1. The van der Waals surface area contributed by atoms with Gasteiger partial charge in [-0.1, -0.05) is 19.1 Å². The minimum atomic E-state index is -3.60. The number of hydrogen-bond donors (Lipinski definition) is 1. The van der Waals surface area contributed by atoms with E-state index in [4.69, 9.17) is 0 Å². The maximum atomic E-state index is 13.8. The Hall–Kier alpha value is -1.63. The van der Waals surface area contributed by atoms with E-state index in [1.165, 1.54) is 18.2 Å². The number of carbonyl (C=O) groups is 1. The molecule has 7 heteroatoms. The van der Waals surface area contributed by atoms with Crippen LogP contribution in [-0.4, -0.2) is 33.2 Å². The second-order valence-corrected chi connectivity index (χ2v) is 7.17. The predicted molar refractivity (Wildman–Crippen MR) is 85.7 cm³/mol. The summed E-state index contributed by atoms with van der Waals surface area (Å²) in [6.07, 6.45) is 2.38. The number of anilines is 1. The fraction of sp³-hybridized carbons (Fsp3) is 0.533. The highest BCUT2D eigenvalue weighted by Gasteiger charge is 2.20. The molecular weight excluding hydrogens is 307 g/mol. The van der Waals surface area contributed by atoms with Gasteiger partial charge in [0.2, 0.25) is 15.9 Å². The second-order valence-electron chi connectivity index (χ2n) is 5.27. The molecule has 1 atom stereocenters. The van der Waals surface area contributed by atoms with Gasteiger partial charge in [0.05, 0.1) is 11.9 Å². The first-order valence-electron chi connectivity index (χ1n) is 7.27. The molecule has 22 heavy (non-hydrogen) atoms. The summed E-state index contributed by atoms with van der Waals surface area (Å²) in [5, 5.41) is 2.81. The molecule has 0 radical (unpaired) electrons. The third kappa shape index (κ3) is 5.63. The normalized spacial score (nSPS) is 12.7. The molecule has 0 heterocycles. The highest BCUT2D eigenvalue weighted by molar-refractivity contribution is 7.92. The number of nitrogens with one attached hydrogen (secondary N) is 1. The largest absolute Gasteiger partial charge is 0.354 e. The maximum absolute atomic E-state index is 13.8. The summed E-state index contributed by atoms with van der Waals surface area (Å²) in [7, 11) is -3.60. The molecule has 1 rings (SSSR count). The highest BCUT2D eigenvalue weighted by Crippen LogP contribution is 2.21. The zero-order valence-corrected chi connectivity index (χ0v) is 14.0. The summed E-state index contributed by atoms with van der Waals surface area (Å²) >= 11 is 0. The summed E-state index contributed by atoms with van der Waals surface area (Å²) in [6, 6.07) is 5.79. The van der Waals surface area contributed by atoms with Crippen LogP contribution in [0.2, 0.25) is 0 Å². The number of nitrogens with zero attached hydrogens (tertiary/aromatic N) is 1. The number of benzene rings is 1. The molecule has 0 unspecified atom stereocenters. The number of rotatable bonds is 8. The summed E-state index contributed by atoms with van der Waals surface area (Å²) in [4.78, 5) is 11.7. The Kier molecular flexibility index (Phi) is 6.80. The number of amides is 1. The predicted octanol–water partition coefficient (Wildman–Crippen LogP) is 2.29. The van der Waals surface area contributed by atoms with Crippen LogP contribution < -0.4 is 9.62 Å². The molecule has 1 amide bonds. The van der Waals surface area contributed by atoms with Crippen LogP contribution in [-0.2, 0) is 14.8 Å². The topological polar surface area (TPSA) is 66.5 Å². The zero-order chi connectivity index (χ0) is 16.8. The van der Waals surface area contributed by atoms with Crippen molar-refractivity contribution < 1.29 is 17.6 Å². The van der Waals surface area contributed by atoms with Crippen molar-refractivity contribution in [2.75, 3.05) is 17.1 Å². The van der Waals surface area contributed by atoms with E-state index >= 15 is 0 Å². The average Bonchev–Trinajstić information content (AvgIpc) is 2.43. The van der Waals surface area contributed by atoms with Crippen LogP contribution in [0.1, 0.15) is 33.1 Å². The van der Waals surface area contributed by atoms with Crippen molar-refractivity contribution in [1.82, 2.24) is 5.32 Å². The van der Waals surface area contributed by atoms with Gasteiger partial charge in [0, 0.05) is 19.0 Å². The number of halogens is 1. The Labute approximate surface area is 131 Å². The average molecular weight is 330 g/mol. The molecule has 0 fully saturated rings. The second kappa shape index (κ2) is 8.12. The van der Waals surface area contributed by atoms with Crippen LogP contribution in [0.4, 0.5) is 10.1 Å². The summed E-state index contributed by atoms with van der Waals surface area (Å²) in [5.74, 6) is -0.728. The maximum Gasteiger partial charge on any atom is 0.232 e. The number of hydrogen-bond acceptors (Lipinski definition) is 3. The molecule has 0 aliphatic rings. The Morgan fingerprint density at radius 3 is 2.55 bits per heavy atom. The first-order valence-corrected chi connectivity index (χ1v) is 9.12. The number of para-hydroxylation sites is 1. The monoisotopic (exact) mass is 330 g/mol. The third-order valence-electron chi connectivity index (χ3n) is 3.31. The van der Waals surface area contributed by atoms with Gasteiger partial charge in [0.25, 0.3) is 0 Å². The van der Waals surface area contributed by atoms with E-state index in [9.17, 15) is 17.6 Å². The minimum absolute atomic E-state index is 0.00679. The van der Waals surface area contributed by atoms with Crippen molar-refractivity contribution in [3.05, 3.63) is 30.1 Å². The third-order valence-corrected chi connectivity index (χ3v) is 4.49. The molecule has 0 saturated heterocycles. The van der Waals surface area contributed by atoms with E-state index in [1.807, 2.05) is 13.8 Å². The molecule has 0 aromatic heterocycles. The van der Waals surface area contributed by atoms with Crippen molar-refractivity contribution in [1.29, 1.82) is 0 Å². The molecule has 5 nitrogen and oxygen atoms in total. The van der Waals surface area contributed by atoms with E-state index in [2.05, 4.69) is 5.32 Å². The van der Waals surface area contributed by atoms with Crippen molar-refractivity contribution in [2.45, 2.75) is 39.2 Å². The molecular formula is C15H23FN2O3S. The van der Waals surface area contributed by atoms with Crippen LogP contribution in [0.3, 0.4) is 0 Å². The smallest absolute Gasteiger partial charge is 0.232 e. The first-order chi connectivity index (χ1) is 10.3. The standard InChI is InChI=1S/C15H23FN2O3S/c1-4-12(2)17-15(19)10-7-11-18(22(3,20)21)14-9-6-5-8-13(14)16/h5-6,8-9,12H,4,7,10-11H2,1-3H3,(H,17,19)/t12-/m1/s1. The van der Waals surface area contributed by atoms with Gasteiger partial charge in [-0.3, -0.25) is 9.10 Å². The van der Waals surface area contributed by atoms with E-state index in [1.54, 1.807) is 6.07 Å². The summed E-state index contributed by atoms with van der Waals surface area (Å²) in [6.45, 7) is 3.93. The Morgan fingerprint density at radius 2 is 2.00 bits per heavy atom. The lowest BCUT2D eigenvalue weighted by Gasteiger charge is -2.22. The van der Waals surface area contributed by atoms with E-state index in [0.717, 1.165) is 17.0 Å². The minimum Gasteiger partial charge on any atom is -0.354 e. The van der Waals surface area contributed by atoms with Crippen LogP contribution in [0.25, 0.3) is 0 Å². The summed E-state index contributed by atoms with van der Waals surface area (Å²) in [5.41, 5.74) is 0.00679. The molecule has 124 valence electrons. The fourth-order valence-electron chi connectivity index (χ4n) is 1.95. The van der Waals surface area contributed by atoms with Gasteiger partial charge in [-0.15, -0.1) is 0 Å². The van der Waals surface area contributed by atoms with Gasteiger partial charge >= 0.3 is 0 Å². The lowest BCUT2D eigenvalue weighted by molar-refractivity contribution is -0.121. The Bertz CT molecular complexity index is 605. The molecule has 0 aliphatic heterocycles. The SMILES string of the molecule is CC[C@@H](C)NC(=O)CCCN(c1ccccc1F)S(C)(=O)=O. The first kappa shape index (κ1) is 18.4. The van der Waals surface area contributed by atoms with Crippen molar-refractivity contribution >= 4 is 21.6 Å². The van der Waals surface area contributed by atoms with Crippen molar-refractivity contribution in [3.8, 4) is 0 Å². The van der Waals surface area contributed by atoms with E-state index in [0.29, 0.717) is 6.42 Å². The van der Waals surface area contributed by atoms with Crippen LogP contribution in [0.15, 0.2) is 24.3 Å². The molecule has 0 aliphatic carbocycles. The van der Waals surface area contributed by atoms with Crippen LogP contribution in [0, 0.1) is 5.82 Å². The van der Waals surface area contributed by atoms with Gasteiger partial charge < -0.3 is 5.32 Å². The van der Waals surface area contributed by atoms with Gasteiger partial charge in [-0.05, 0) is 31.9 Å². The molecule has 0 saturated carbocycles. The Balaban J connectivity index is 2.70. The summed E-state index contributed by atoms with van der Waals surface area (Å²) < 4.78 is 38.5. The lowest BCUT2D eigenvalue weighted by atomic mass is 10.2. The number of carbonyl (C=O) groups excluding carboxylic acids is 1. The van der Waals surface area contributed by atoms with Gasteiger partial charge in [-0.2, -0.15) is 0 Å². The van der Waals surface area contributed by atoms with Gasteiger partial charge in [0.1, 0.15) is 5.82 Å². The van der Waals surface area contributed by atoms with Gasteiger partial charge in [0.15, 0.2) is 0 Å².